The Kier molecular flexibility index (Phi) is 4.53. The van der Waals surface area contributed by atoms with E-state index in [4.69, 9.17) is 8.85 Å². The molecule has 2 nitrogen and oxygen atoms in total. The Bertz CT molecular complexity index is 554. The standard InChI is InChI=1S/C16H20O2Si/c1-4-17-19(6-3,18-5-2)16-13-9-11-14-10-7-8-12-15(14)16/h6-13H,3-5H2,1-2H3. The molecule has 0 saturated carbocycles. The quantitative estimate of drug-likeness (QED) is 0.751. The van der Waals surface area contributed by atoms with Crippen LogP contribution in [0.15, 0.2) is 54.7 Å². The molecule has 19 heavy (non-hydrogen) atoms. The Hall–Kier alpha value is -1.42. The topological polar surface area (TPSA) is 18.5 Å². The highest BCUT2D eigenvalue weighted by Gasteiger charge is 2.37. The molecule has 0 bridgehead atoms. The molecule has 100 valence electrons. The molecular formula is C16H20O2Si. The van der Waals surface area contributed by atoms with Crippen LogP contribution in [0.25, 0.3) is 10.8 Å². The van der Waals surface area contributed by atoms with E-state index < -0.39 is 8.56 Å². The van der Waals surface area contributed by atoms with E-state index >= 15 is 0 Å². The van der Waals surface area contributed by atoms with Crippen LogP contribution in [-0.2, 0) is 8.85 Å². The molecular weight excluding hydrogens is 252 g/mol. The van der Waals surface area contributed by atoms with Crippen molar-refractivity contribution in [3.05, 3.63) is 54.7 Å². The Morgan fingerprint density at radius 1 is 1.00 bits per heavy atom. The summed E-state index contributed by atoms with van der Waals surface area (Å²) in [4.78, 5) is 0. The highest BCUT2D eigenvalue weighted by Crippen LogP contribution is 2.18. The second-order valence-corrected chi connectivity index (χ2v) is 7.12. The minimum Gasteiger partial charge on any atom is -0.388 e. The molecule has 0 heterocycles. The summed E-state index contributed by atoms with van der Waals surface area (Å²) >= 11 is 0. The fraction of sp³-hybridized carbons (Fsp3) is 0.250. The number of fused-ring (bicyclic) bond motifs is 1. The first-order chi connectivity index (χ1) is 9.27. The van der Waals surface area contributed by atoms with Crippen molar-refractivity contribution in [3.63, 3.8) is 0 Å². The highest BCUT2D eigenvalue weighted by molar-refractivity contribution is 6.87. The summed E-state index contributed by atoms with van der Waals surface area (Å²) in [6, 6.07) is 14.6. The van der Waals surface area contributed by atoms with Crippen LogP contribution in [0.3, 0.4) is 0 Å². The van der Waals surface area contributed by atoms with Crippen molar-refractivity contribution in [1.29, 1.82) is 0 Å². The molecule has 0 aliphatic heterocycles. The van der Waals surface area contributed by atoms with Gasteiger partial charge in [0.15, 0.2) is 0 Å². The maximum Gasteiger partial charge on any atom is 0.399 e. The third-order valence-electron chi connectivity index (χ3n) is 3.15. The van der Waals surface area contributed by atoms with Crippen molar-refractivity contribution < 1.29 is 8.85 Å². The van der Waals surface area contributed by atoms with Crippen molar-refractivity contribution in [3.8, 4) is 0 Å². The van der Waals surface area contributed by atoms with Gasteiger partial charge < -0.3 is 8.85 Å². The first-order valence-electron chi connectivity index (χ1n) is 6.67. The molecule has 0 N–H and O–H groups in total. The van der Waals surface area contributed by atoms with E-state index in [1.54, 1.807) is 0 Å². The van der Waals surface area contributed by atoms with E-state index in [0.29, 0.717) is 13.2 Å². The van der Waals surface area contributed by atoms with Crippen molar-refractivity contribution >= 4 is 24.5 Å². The van der Waals surface area contributed by atoms with Gasteiger partial charge in [-0.3, -0.25) is 0 Å². The molecule has 0 unspecified atom stereocenters. The van der Waals surface area contributed by atoms with Crippen molar-refractivity contribution in [2.45, 2.75) is 13.8 Å². The van der Waals surface area contributed by atoms with Crippen LogP contribution < -0.4 is 5.19 Å². The molecule has 0 aliphatic rings. The largest absolute Gasteiger partial charge is 0.399 e. The molecule has 0 aromatic heterocycles. The average molecular weight is 272 g/mol. The van der Waals surface area contributed by atoms with Crippen molar-refractivity contribution in [1.82, 2.24) is 0 Å². The van der Waals surface area contributed by atoms with Crippen LogP contribution in [0.2, 0.25) is 0 Å². The zero-order valence-electron chi connectivity index (χ0n) is 11.6. The number of rotatable bonds is 6. The lowest BCUT2D eigenvalue weighted by molar-refractivity contribution is 0.207. The van der Waals surface area contributed by atoms with Crippen LogP contribution in [-0.4, -0.2) is 21.8 Å². The number of benzene rings is 2. The maximum atomic E-state index is 6.01. The van der Waals surface area contributed by atoms with E-state index in [-0.39, 0.29) is 0 Å². The van der Waals surface area contributed by atoms with Gasteiger partial charge in [-0.05, 0) is 30.3 Å². The molecule has 0 radical (unpaired) electrons. The third kappa shape index (κ3) is 2.63. The average Bonchev–Trinajstić information content (AvgIpc) is 2.46. The van der Waals surface area contributed by atoms with Gasteiger partial charge >= 0.3 is 8.56 Å². The second kappa shape index (κ2) is 6.15. The summed E-state index contributed by atoms with van der Waals surface area (Å²) in [5.74, 6) is 0. The van der Waals surface area contributed by atoms with E-state index in [2.05, 4.69) is 36.9 Å². The number of hydrogen-bond donors (Lipinski definition) is 0. The summed E-state index contributed by atoms with van der Waals surface area (Å²) in [6.07, 6.45) is 0. The smallest absolute Gasteiger partial charge is 0.388 e. The Morgan fingerprint density at radius 2 is 1.63 bits per heavy atom. The van der Waals surface area contributed by atoms with Gasteiger partial charge in [0, 0.05) is 18.4 Å². The minimum absolute atomic E-state index is 0.626. The summed E-state index contributed by atoms with van der Waals surface area (Å²) in [5.41, 5.74) is 1.88. The summed E-state index contributed by atoms with van der Waals surface area (Å²) in [7, 11) is -2.55. The van der Waals surface area contributed by atoms with E-state index in [1.807, 2.05) is 31.7 Å². The van der Waals surface area contributed by atoms with E-state index in [0.717, 1.165) is 5.19 Å². The monoisotopic (exact) mass is 272 g/mol. The lowest BCUT2D eigenvalue weighted by Crippen LogP contribution is -2.52. The minimum atomic E-state index is -2.55. The fourth-order valence-corrected chi connectivity index (χ4v) is 5.02. The molecule has 0 spiro atoms. The zero-order valence-corrected chi connectivity index (χ0v) is 12.6. The van der Waals surface area contributed by atoms with E-state index in [1.165, 1.54) is 10.8 Å². The zero-order chi connectivity index (χ0) is 13.7. The first kappa shape index (κ1) is 14.0. The first-order valence-corrected chi connectivity index (χ1v) is 8.56. The molecule has 0 amide bonds. The van der Waals surface area contributed by atoms with Gasteiger partial charge in [-0.1, -0.05) is 42.5 Å². The van der Waals surface area contributed by atoms with Crippen LogP contribution in [0.4, 0.5) is 0 Å². The van der Waals surface area contributed by atoms with Gasteiger partial charge in [0.2, 0.25) is 0 Å². The van der Waals surface area contributed by atoms with Crippen LogP contribution in [0.5, 0.6) is 0 Å². The lowest BCUT2D eigenvalue weighted by atomic mass is 10.1. The normalized spacial score (nSPS) is 11.7. The van der Waals surface area contributed by atoms with Gasteiger partial charge in [-0.2, -0.15) is 0 Å². The Balaban J connectivity index is 2.64. The molecule has 3 heteroatoms. The molecule has 0 saturated heterocycles. The molecule has 0 aliphatic carbocycles. The second-order valence-electron chi connectivity index (χ2n) is 4.26. The molecule has 0 fully saturated rings. The van der Waals surface area contributed by atoms with Crippen molar-refractivity contribution in [2.24, 2.45) is 0 Å². The van der Waals surface area contributed by atoms with Crippen LogP contribution >= 0.6 is 0 Å². The molecule has 2 aromatic rings. The van der Waals surface area contributed by atoms with Gasteiger partial charge in [0.05, 0.1) is 0 Å². The van der Waals surface area contributed by atoms with Gasteiger partial charge in [0.1, 0.15) is 0 Å². The summed E-state index contributed by atoms with van der Waals surface area (Å²) in [6.45, 7) is 9.21. The highest BCUT2D eigenvalue weighted by atomic mass is 28.4. The predicted molar refractivity (Wildman–Crippen MR) is 82.8 cm³/mol. The summed E-state index contributed by atoms with van der Waals surface area (Å²) in [5, 5.41) is 3.54. The van der Waals surface area contributed by atoms with Crippen molar-refractivity contribution in [2.75, 3.05) is 13.2 Å². The molecule has 2 aromatic carbocycles. The number of hydrogen-bond acceptors (Lipinski definition) is 2. The van der Waals surface area contributed by atoms with Gasteiger partial charge in [0.25, 0.3) is 0 Å². The van der Waals surface area contributed by atoms with Crippen LogP contribution in [0, 0.1) is 0 Å². The van der Waals surface area contributed by atoms with E-state index in [9.17, 15) is 0 Å². The summed E-state index contributed by atoms with van der Waals surface area (Å²) < 4.78 is 12.0. The maximum absolute atomic E-state index is 6.01. The SMILES string of the molecule is C=C[Si](OCC)(OCC)c1cccc2ccccc12. The van der Waals surface area contributed by atoms with Gasteiger partial charge in [-0.25, -0.2) is 0 Å². The molecule has 0 atom stereocenters. The van der Waals surface area contributed by atoms with Gasteiger partial charge in [-0.15, -0.1) is 6.58 Å². The fourth-order valence-electron chi connectivity index (χ4n) is 2.38. The molecule has 2 rings (SSSR count). The predicted octanol–water partition coefficient (Wildman–Crippen LogP) is 3.29. The Morgan fingerprint density at radius 3 is 2.26 bits per heavy atom. The van der Waals surface area contributed by atoms with Crippen LogP contribution in [0.1, 0.15) is 13.8 Å². The Labute approximate surface area is 115 Å². The third-order valence-corrected chi connectivity index (χ3v) is 6.31. The lowest BCUT2D eigenvalue weighted by Gasteiger charge is -2.28.